The van der Waals surface area contributed by atoms with Crippen molar-refractivity contribution < 1.29 is 19.0 Å². The van der Waals surface area contributed by atoms with Gasteiger partial charge in [-0.05, 0) is 48.9 Å². The number of ether oxygens (including phenoxy) is 3. The van der Waals surface area contributed by atoms with Crippen LogP contribution in [0.5, 0.6) is 17.2 Å². The van der Waals surface area contributed by atoms with E-state index in [1.54, 1.807) is 33.3 Å². The molecule has 0 bridgehead atoms. The maximum absolute atomic E-state index is 12.5. The molecule has 3 rings (SSSR count). The van der Waals surface area contributed by atoms with E-state index in [9.17, 15) is 4.79 Å². The van der Waals surface area contributed by atoms with E-state index in [1.165, 1.54) is 0 Å². The molecule has 0 fully saturated rings. The third-order valence-corrected chi connectivity index (χ3v) is 4.53. The summed E-state index contributed by atoms with van der Waals surface area (Å²) in [5.74, 6) is 1.83. The van der Waals surface area contributed by atoms with Crippen molar-refractivity contribution in [1.82, 2.24) is 0 Å². The smallest absolute Gasteiger partial charge is 0.246 e. The van der Waals surface area contributed by atoms with Crippen LogP contribution in [0.3, 0.4) is 0 Å². The first-order valence-electron chi connectivity index (χ1n) is 9.65. The Bertz CT molecular complexity index is 959. The summed E-state index contributed by atoms with van der Waals surface area (Å²) in [7, 11) is 3.16. The summed E-state index contributed by atoms with van der Waals surface area (Å²) in [6.07, 6.45) is 0. The molecule has 6 nitrogen and oxygen atoms in total. The molecule has 6 heteroatoms. The van der Waals surface area contributed by atoms with Crippen molar-refractivity contribution in [1.29, 1.82) is 0 Å². The summed E-state index contributed by atoms with van der Waals surface area (Å²) in [4.78, 5) is 12.5. The molecule has 0 saturated carbocycles. The Balaban J connectivity index is 1.53. The molecular weight excluding hydrogens is 380 g/mol. The summed E-state index contributed by atoms with van der Waals surface area (Å²) in [5, 5.41) is 6.07. The molecule has 0 unspecified atom stereocenters. The van der Waals surface area contributed by atoms with Gasteiger partial charge in [-0.15, -0.1) is 0 Å². The van der Waals surface area contributed by atoms with Crippen LogP contribution in [-0.2, 0) is 11.4 Å². The fourth-order valence-electron chi connectivity index (χ4n) is 2.87. The summed E-state index contributed by atoms with van der Waals surface area (Å²) in [5.41, 5.74) is 2.57. The highest BCUT2D eigenvalue weighted by molar-refractivity contribution is 5.96. The number of carbonyl (C=O) groups excluding carboxylic acids is 1. The molecule has 0 aliphatic carbocycles. The van der Waals surface area contributed by atoms with Crippen molar-refractivity contribution >= 4 is 17.3 Å². The van der Waals surface area contributed by atoms with Gasteiger partial charge in [0.1, 0.15) is 18.4 Å². The van der Waals surface area contributed by atoms with Crippen LogP contribution in [0, 0.1) is 0 Å². The fourth-order valence-corrected chi connectivity index (χ4v) is 2.87. The van der Waals surface area contributed by atoms with E-state index in [1.807, 2.05) is 60.7 Å². The predicted molar refractivity (Wildman–Crippen MR) is 118 cm³/mol. The second kappa shape index (κ2) is 10.2. The standard InChI is InChI=1S/C24H26N2O4/c1-17(25-20-11-14-22(28-2)23(15-20)29-3)24(27)26-19-9-12-21(13-10-19)30-16-18-7-5-4-6-8-18/h4-15,17,25H,16H2,1-3H3,(H,26,27)/t17-/m0/s1. The number of nitrogens with one attached hydrogen (secondary N) is 2. The van der Waals surface area contributed by atoms with Crippen molar-refractivity contribution in [3.8, 4) is 17.2 Å². The third kappa shape index (κ3) is 5.67. The van der Waals surface area contributed by atoms with Crippen molar-refractivity contribution in [3.05, 3.63) is 78.4 Å². The van der Waals surface area contributed by atoms with Gasteiger partial charge in [-0.1, -0.05) is 30.3 Å². The first kappa shape index (κ1) is 21.0. The highest BCUT2D eigenvalue weighted by Crippen LogP contribution is 2.30. The van der Waals surface area contributed by atoms with Crippen LogP contribution in [0.1, 0.15) is 12.5 Å². The number of benzene rings is 3. The second-order valence-corrected chi connectivity index (χ2v) is 6.72. The second-order valence-electron chi connectivity index (χ2n) is 6.72. The zero-order valence-corrected chi connectivity index (χ0v) is 17.3. The maximum Gasteiger partial charge on any atom is 0.246 e. The van der Waals surface area contributed by atoms with E-state index in [2.05, 4.69) is 10.6 Å². The lowest BCUT2D eigenvalue weighted by atomic mass is 10.2. The highest BCUT2D eigenvalue weighted by Gasteiger charge is 2.14. The molecule has 2 N–H and O–H groups in total. The van der Waals surface area contributed by atoms with E-state index in [-0.39, 0.29) is 5.91 Å². The first-order valence-corrected chi connectivity index (χ1v) is 9.65. The van der Waals surface area contributed by atoms with E-state index in [0.29, 0.717) is 23.8 Å². The SMILES string of the molecule is COc1ccc(N[C@@H](C)C(=O)Nc2ccc(OCc3ccccc3)cc2)cc1OC. The molecule has 0 radical (unpaired) electrons. The number of hydrogen-bond donors (Lipinski definition) is 2. The van der Waals surface area contributed by atoms with Crippen molar-refractivity contribution in [3.63, 3.8) is 0 Å². The average Bonchev–Trinajstić information content (AvgIpc) is 2.79. The number of anilines is 2. The van der Waals surface area contributed by atoms with Gasteiger partial charge < -0.3 is 24.8 Å². The Morgan fingerprint density at radius 2 is 1.53 bits per heavy atom. The minimum Gasteiger partial charge on any atom is -0.493 e. The molecule has 1 amide bonds. The number of amides is 1. The average molecular weight is 406 g/mol. The summed E-state index contributed by atoms with van der Waals surface area (Å²) >= 11 is 0. The minimum atomic E-state index is -0.447. The van der Waals surface area contributed by atoms with Crippen molar-refractivity contribution in [2.24, 2.45) is 0 Å². The highest BCUT2D eigenvalue weighted by atomic mass is 16.5. The Morgan fingerprint density at radius 3 is 2.20 bits per heavy atom. The Kier molecular flexibility index (Phi) is 7.16. The Morgan fingerprint density at radius 1 is 0.867 bits per heavy atom. The molecule has 0 spiro atoms. The third-order valence-electron chi connectivity index (χ3n) is 4.53. The molecule has 0 heterocycles. The van der Waals surface area contributed by atoms with Gasteiger partial charge in [0.25, 0.3) is 0 Å². The molecule has 0 aliphatic heterocycles. The predicted octanol–water partition coefficient (Wildman–Crippen LogP) is 4.72. The zero-order valence-electron chi connectivity index (χ0n) is 17.3. The quantitative estimate of drug-likeness (QED) is 0.538. The van der Waals surface area contributed by atoms with Crippen molar-refractivity contribution in [2.75, 3.05) is 24.9 Å². The van der Waals surface area contributed by atoms with E-state index >= 15 is 0 Å². The molecule has 0 saturated heterocycles. The first-order chi connectivity index (χ1) is 14.6. The van der Waals surface area contributed by atoms with Gasteiger partial charge in [-0.3, -0.25) is 4.79 Å². The van der Waals surface area contributed by atoms with Gasteiger partial charge in [0.15, 0.2) is 11.5 Å². The van der Waals surface area contributed by atoms with E-state index in [4.69, 9.17) is 14.2 Å². The lowest BCUT2D eigenvalue weighted by Crippen LogP contribution is -2.31. The van der Waals surface area contributed by atoms with Crippen LogP contribution in [0.15, 0.2) is 72.8 Å². The van der Waals surface area contributed by atoms with Crippen LogP contribution < -0.4 is 24.8 Å². The van der Waals surface area contributed by atoms with Crippen LogP contribution in [0.4, 0.5) is 11.4 Å². The largest absolute Gasteiger partial charge is 0.493 e. The molecule has 3 aromatic rings. The normalized spacial score (nSPS) is 11.3. The van der Waals surface area contributed by atoms with Gasteiger partial charge in [0.05, 0.1) is 14.2 Å². The van der Waals surface area contributed by atoms with Gasteiger partial charge in [0, 0.05) is 17.4 Å². The lowest BCUT2D eigenvalue weighted by molar-refractivity contribution is -0.116. The summed E-state index contributed by atoms with van der Waals surface area (Å²) < 4.78 is 16.3. The molecule has 0 aromatic heterocycles. The summed E-state index contributed by atoms with van der Waals surface area (Å²) in [6.45, 7) is 2.29. The van der Waals surface area contributed by atoms with Gasteiger partial charge in [-0.25, -0.2) is 0 Å². The van der Waals surface area contributed by atoms with Crippen LogP contribution in [0.25, 0.3) is 0 Å². The van der Waals surface area contributed by atoms with Crippen molar-refractivity contribution in [2.45, 2.75) is 19.6 Å². The summed E-state index contributed by atoms with van der Waals surface area (Å²) in [6, 6.07) is 22.3. The Labute approximate surface area is 176 Å². The van der Waals surface area contributed by atoms with Crippen LogP contribution >= 0.6 is 0 Å². The molecule has 0 aliphatic rings. The van der Waals surface area contributed by atoms with Crippen LogP contribution in [-0.4, -0.2) is 26.2 Å². The van der Waals surface area contributed by atoms with E-state index in [0.717, 1.165) is 17.0 Å². The molecule has 3 aromatic carbocycles. The number of hydrogen-bond acceptors (Lipinski definition) is 5. The zero-order chi connectivity index (χ0) is 21.3. The van der Waals surface area contributed by atoms with E-state index < -0.39 is 6.04 Å². The van der Waals surface area contributed by atoms with Crippen LogP contribution in [0.2, 0.25) is 0 Å². The number of rotatable bonds is 9. The topological polar surface area (TPSA) is 68.8 Å². The number of carbonyl (C=O) groups is 1. The van der Waals surface area contributed by atoms with Gasteiger partial charge in [-0.2, -0.15) is 0 Å². The molecule has 156 valence electrons. The van der Waals surface area contributed by atoms with Gasteiger partial charge >= 0.3 is 0 Å². The number of methoxy groups -OCH3 is 2. The molecule has 30 heavy (non-hydrogen) atoms. The van der Waals surface area contributed by atoms with Gasteiger partial charge in [0.2, 0.25) is 5.91 Å². The molecular formula is C24H26N2O4. The molecule has 1 atom stereocenters. The monoisotopic (exact) mass is 406 g/mol. The fraction of sp³-hybridized carbons (Fsp3) is 0.208. The Hall–Kier alpha value is -3.67. The minimum absolute atomic E-state index is 0.150. The lowest BCUT2D eigenvalue weighted by Gasteiger charge is -2.17. The maximum atomic E-state index is 12.5.